The van der Waals surface area contributed by atoms with Crippen LogP contribution in [0.15, 0.2) is 18.2 Å². The molecule has 1 atom stereocenters. The molecule has 0 saturated heterocycles. The highest BCUT2D eigenvalue weighted by molar-refractivity contribution is 6.33. The third-order valence-electron chi connectivity index (χ3n) is 4.00. The van der Waals surface area contributed by atoms with E-state index in [9.17, 15) is 4.79 Å². The Labute approximate surface area is 164 Å². The number of carbonyl (C=O) groups excluding carboxylic acids is 1. The molecule has 1 aliphatic rings. The van der Waals surface area contributed by atoms with Crippen molar-refractivity contribution in [2.24, 2.45) is 5.73 Å². The number of nitrogens with one attached hydrogen (secondary N) is 1. The van der Waals surface area contributed by atoms with Crippen molar-refractivity contribution in [3.8, 4) is 11.4 Å². The molecule has 9 heteroatoms. The molecule has 138 valence electrons. The number of hydrogen-bond donors (Lipinski definition) is 2. The molecule has 0 spiro atoms. The first-order valence-corrected chi connectivity index (χ1v) is 8.22. The molecular weight excluding hydrogens is 385 g/mol. The van der Waals surface area contributed by atoms with Gasteiger partial charge in [-0.1, -0.05) is 18.0 Å². The summed E-state index contributed by atoms with van der Waals surface area (Å²) in [5.74, 6) is 1.51. The van der Waals surface area contributed by atoms with Crippen LogP contribution in [-0.4, -0.2) is 26.7 Å². The van der Waals surface area contributed by atoms with Crippen molar-refractivity contribution >= 4 is 48.0 Å². The van der Waals surface area contributed by atoms with E-state index < -0.39 is 6.04 Å². The first-order chi connectivity index (χ1) is 11.1. The van der Waals surface area contributed by atoms with Gasteiger partial charge >= 0.3 is 0 Å². The number of nitrogens with zero attached hydrogens (tertiary/aromatic N) is 3. The van der Waals surface area contributed by atoms with Crippen LogP contribution in [0.3, 0.4) is 0 Å². The van der Waals surface area contributed by atoms with E-state index in [1.54, 1.807) is 19.1 Å². The Morgan fingerprint density at radius 3 is 2.76 bits per heavy atom. The van der Waals surface area contributed by atoms with Gasteiger partial charge in [-0.15, -0.1) is 35.0 Å². The molecule has 1 amide bonds. The van der Waals surface area contributed by atoms with Gasteiger partial charge in [0.05, 0.1) is 11.1 Å². The summed E-state index contributed by atoms with van der Waals surface area (Å²) in [6, 6.07) is 4.77. The second kappa shape index (κ2) is 9.38. The Morgan fingerprint density at radius 1 is 1.28 bits per heavy atom. The minimum Gasteiger partial charge on any atom is -0.325 e. The van der Waals surface area contributed by atoms with Crippen molar-refractivity contribution in [1.29, 1.82) is 0 Å². The molecular formula is C16H22Cl3N5O. The molecule has 6 nitrogen and oxygen atoms in total. The summed E-state index contributed by atoms with van der Waals surface area (Å²) < 4.78 is 2.13. The van der Waals surface area contributed by atoms with Gasteiger partial charge in [0.25, 0.3) is 0 Å². The molecule has 2 aromatic rings. The van der Waals surface area contributed by atoms with Gasteiger partial charge in [0, 0.05) is 24.2 Å². The summed E-state index contributed by atoms with van der Waals surface area (Å²) in [5, 5.41) is 12.0. The van der Waals surface area contributed by atoms with Crippen LogP contribution in [0, 0.1) is 0 Å². The predicted molar refractivity (Wildman–Crippen MR) is 105 cm³/mol. The lowest BCUT2D eigenvalue weighted by molar-refractivity contribution is -0.117. The van der Waals surface area contributed by atoms with Crippen LogP contribution in [0.1, 0.15) is 32.0 Å². The largest absolute Gasteiger partial charge is 0.325 e. The summed E-state index contributed by atoms with van der Waals surface area (Å²) in [6.07, 6.45) is 4.37. The van der Waals surface area contributed by atoms with Gasteiger partial charge in [0.1, 0.15) is 5.82 Å². The number of hydrogen-bond acceptors (Lipinski definition) is 4. The number of halogens is 3. The zero-order valence-corrected chi connectivity index (χ0v) is 16.3. The van der Waals surface area contributed by atoms with E-state index in [0.29, 0.717) is 10.7 Å². The van der Waals surface area contributed by atoms with Crippen molar-refractivity contribution in [2.45, 2.75) is 45.2 Å². The second-order valence-electron chi connectivity index (χ2n) is 5.87. The summed E-state index contributed by atoms with van der Waals surface area (Å²) in [6.45, 7) is 2.54. The highest BCUT2D eigenvalue weighted by Crippen LogP contribution is 2.31. The van der Waals surface area contributed by atoms with E-state index in [-0.39, 0.29) is 30.7 Å². The minimum atomic E-state index is -0.571. The van der Waals surface area contributed by atoms with Gasteiger partial charge in [0.15, 0.2) is 5.82 Å². The summed E-state index contributed by atoms with van der Waals surface area (Å²) in [5.41, 5.74) is 7.01. The molecule has 1 aliphatic heterocycles. The smallest absolute Gasteiger partial charge is 0.240 e. The fourth-order valence-electron chi connectivity index (χ4n) is 2.71. The maximum Gasteiger partial charge on any atom is 0.240 e. The lowest BCUT2D eigenvalue weighted by Crippen LogP contribution is -2.32. The average molecular weight is 407 g/mol. The Hall–Kier alpha value is -1.34. The van der Waals surface area contributed by atoms with Crippen molar-refractivity contribution < 1.29 is 4.79 Å². The topological polar surface area (TPSA) is 85.8 Å². The third-order valence-corrected chi connectivity index (χ3v) is 4.33. The van der Waals surface area contributed by atoms with Crippen LogP contribution >= 0.6 is 36.4 Å². The molecule has 3 rings (SSSR count). The zero-order chi connectivity index (χ0) is 16.4. The number of anilines is 1. The maximum absolute atomic E-state index is 11.8. The van der Waals surface area contributed by atoms with E-state index in [2.05, 4.69) is 20.1 Å². The van der Waals surface area contributed by atoms with Gasteiger partial charge in [-0.25, -0.2) is 0 Å². The lowest BCUT2D eigenvalue weighted by atomic mass is 10.1. The number of aromatic nitrogens is 3. The van der Waals surface area contributed by atoms with Gasteiger partial charge in [-0.05, 0) is 38.0 Å². The quantitative estimate of drug-likeness (QED) is 0.817. The first kappa shape index (κ1) is 21.7. The van der Waals surface area contributed by atoms with Gasteiger partial charge in [-0.3, -0.25) is 4.79 Å². The third kappa shape index (κ3) is 4.85. The molecule has 0 aliphatic carbocycles. The van der Waals surface area contributed by atoms with Crippen molar-refractivity contribution in [3.05, 3.63) is 29.0 Å². The Bertz CT molecular complexity index is 733. The number of amides is 1. The number of carbonyl (C=O) groups is 1. The maximum atomic E-state index is 11.8. The van der Waals surface area contributed by atoms with Crippen molar-refractivity contribution in [2.75, 3.05) is 5.32 Å². The van der Waals surface area contributed by atoms with Gasteiger partial charge in [-0.2, -0.15) is 0 Å². The molecule has 0 radical (unpaired) electrons. The highest BCUT2D eigenvalue weighted by Gasteiger charge is 2.18. The molecule has 1 unspecified atom stereocenters. The minimum absolute atomic E-state index is 0. The SMILES string of the molecule is CC(N)C(=O)Nc1ccc(Cl)c(-c2nnc3n2CCCCC3)c1.Cl.Cl. The molecule has 0 bridgehead atoms. The molecule has 2 heterocycles. The fraction of sp³-hybridized carbons (Fsp3) is 0.438. The number of rotatable bonds is 3. The molecule has 1 aromatic heterocycles. The van der Waals surface area contributed by atoms with E-state index in [0.717, 1.165) is 43.0 Å². The summed E-state index contributed by atoms with van der Waals surface area (Å²) >= 11 is 6.35. The molecule has 1 aromatic carbocycles. The van der Waals surface area contributed by atoms with E-state index in [1.165, 1.54) is 6.42 Å². The van der Waals surface area contributed by atoms with E-state index in [1.807, 2.05) is 6.07 Å². The molecule has 25 heavy (non-hydrogen) atoms. The first-order valence-electron chi connectivity index (χ1n) is 7.84. The van der Waals surface area contributed by atoms with Gasteiger partial charge < -0.3 is 15.6 Å². The summed E-state index contributed by atoms with van der Waals surface area (Å²) in [4.78, 5) is 11.8. The van der Waals surface area contributed by atoms with Crippen LogP contribution in [-0.2, 0) is 17.8 Å². The Kier molecular flexibility index (Phi) is 8.15. The number of fused-ring (bicyclic) bond motifs is 1. The van der Waals surface area contributed by atoms with Gasteiger partial charge in [0.2, 0.25) is 5.91 Å². The van der Waals surface area contributed by atoms with Crippen LogP contribution in [0.4, 0.5) is 5.69 Å². The molecule has 0 fully saturated rings. The van der Waals surface area contributed by atoms with Crippen LogP contribution in [0.2, 0.25) is 5.02 Å². The van der Waals surface area contributed by atoms with E-state index >= 15 is 0 Å². The molecule has 0 saturated carbocycles. The Morgan fingerprint density at radius 2 is 2.04 bits per heavy atom. The summed E-state index contributed by atoms with van der Waals surface area (Å²) in [7, 11) is 0. The number of benzene rings is 1. The highest BCUT2D eigenvalue weighted by atomic mass is 35.5. The van der Waals surface area contributed by atoms with Crippen LogP contribution in [0.25, 0.3) is 11.4 Å². The second-order valence-corrected chi connectivity index (χ2v) is 6.28. The number of nitrogens with two attached hydrogens (primary N) is 1. The zero-order valence-electron chi connectivity index (χ0n) is 13.9. The normalized spacial score (nSPS) is 14.4. The Balaban J connectivity index is 0.00000156. The van der Waals surface area contributed by atoms with E-state index in [4.69, 9.17) is 17.3 Å². The standard InChI is InChI=1S/C16H20ClN5O.2ClH/c1-10(18)16(23)19-11-6-7-13(17)12(9-11)15-21-20-14-5-3-2-4-8-22(14)15;;/h6-7,9-10H,2-5,8,18H2,1H3,(H,19,23);2*1H. The fourth-order valence-corrected chi connectivity index (χ4v) is 2.92. The monoisotopic (exact) mass is 405 g/mol. The number of aryl methyl sites for hydroxylation is 1. The predicted octanol–water partition coefficient (Wildman–Crippen LogP) is 3.45. The lowest BCUT2D eigenvalue weighted by Gasteiger charge is -2.12. The van der Waals surface area contributed by atoms with Crippen molar-refractivity contribution in [1.82, 2.24) is 14.8 Å². The van der Waals surface area contributed by atoms with Crippen molar-refractivity contribution in [3.63, 3.8) is 0 Å². The average Bonchev–Trinajstić information content (AvgIpc) is 2.77. The molecule has 3 N–H and O–H groups in total. The van der Waals surface area contributed by atoms with Crippen LogP contribution in [0.5, 0.6) is 0 Å². The van der Waals surface area contributed by atoms with Crippen LogP contribution < -0.4 is 11.1 Å².